The van der Waals surface area contributed by atoms with Crippen LogP contribution in [-0.2, 0) is 0 Å². The standard InChI is InChI=1S/C16H18N2O4/c1-2-3-4-14-11-13(7-10-18(14)16(21)22)12-5-8-17(9-6-12)15(19)20/h5-11H,2-4H2,1H3,(H,19,20)(H,21,22). The lowest BCUT2D eigenvalue weighted by atomic mass is 10.0. The summed E-state index contributed by atoms with van der Waals surface area (Å²) in [6.07, 6.45) is 11.9. The first-order valence-corrected chi connectivity index (χ1v) is 7.05. The molecule has 2 rings (SSSR count). The molecule has 0 bridgehead atoms. The highest BCUT2D eigenvalue weighted by atomic mass is 16.4. The normalized spacial score (nSPS) is 17.0. The molecule has 0 aliphatic carbocycles. The van der Waals surface area contributed by atoms with Gasteiger partial charge in [0, 0.05) is 24.3 Å². The molecule has 116 valence electrons. The Morgan fingerprint density at radius 1 is 1.00 bits per heavy atom. The minimum atomic E-state index is -1.05. The molecule has 0 aromatic rings. The third kappa shape index (κ3) is 3.46. The van der Waals surface area contributed by atoms with Gasteiger partial charge in [-0.3, -0.25) is 9.80 Å². The van der Waals surface area contributed by atoms with Crippen molar-refractivity contribution in [3.8, 4) is 0 Å². The van der Waals surface area contributed by atoms with E-state index in [1.54, 1.807) is 18.2 Å². The summed E-state index contributed by atoms with van der Waals surface area (Å²) in [5, 5.41) is 18.1. The van der Waals surface area contributed by atoms with Gasteiger partial charge in [0.05, 0.1) is 0 Å². The molecule has 0 saturated carbocycles. The van der Waals surface area contributed by atoms with Crippen LogP contribution in [0.15, 0.2) is 59.7 Å². The predicted molar refractivity (Wildman–Crippen MR) is 81.8 cm³/mol. The lowest BCUT2D eigenvalue weighted by Crippen LogP contribution is -2.25. The molecule has 0 atom stereocenters. The molecule has 0 radical (unpaired) electrons. The summed E-state index contributed by atoms with van der Waals surface area (Å²) in [5.41, 5.74) is 2.43. The molecule has 0 unspecified atom stereocenters. The predicted octanol–water partition coefficient (Wildman–Crippen LogP) is 3.89. The van der Waals surface area contributed by atoms with Crippen LogP contribution < -0.4 is 0 Å². The molecule has 2 heterocycles. The molecule has 22 heavy (non-hydrogen) atoms. The number of rotatable bonds is 3. The summed E-state index contributed by atoms with van der Waals surface area (Å²) in [6, 6.07) is 0. The lowest BCUT2D eigenvalue weighted by molar-refractivity contribution is 0.170. The minimum Gasteiger partial charge on any atom is -0.464 e. The fourth-order valence-corrected chi connectivity index (χ4v) is 2.21. The van der Waals surface area contributed by atoms with Gasteiger partial charge in [-0.1, -0.05) is 13.3 Å². The van der Waals surface area contributed by atoms with E-state index in [0.717, 1.165) is 34.6 Å². The van der Waals surface area contributed by atoms with Gasteiger partial charge in [-0.05, 0) is 48.3 Å². The maximum absolute atomic E-state index is 11.2. The van der Waals surface area contributed by atoms with Crippen molar-refractivity contribution in [3.63, 3.8) is 0 Å². The van der Waals surface area contributed by atoms with E-state index in [2.05, 4.69) is 6.92 Å². The van der Waals surface area contributed by atoms with Gasteiger partial charge in [0.25, 0.3) is 0 Å². The number of allylic oxidation sites excluding steroid dienone is 7. The van der Waals surface area contributed by atoms with Crippen molar-refractivity contribution < 1.29 is 19.8 Å². The topological polar surface area (TPSA) is 81.1 Å². The zero-order valence-corrected chi connectivity index (χ0v) is 12.3. The Morgan fingerprint density at radius 3 is 2.18 bits per heavy atom. The maximum Gasteiger partial charge on any atom is 0.415 e. The van der Waals surface area contributed by atoms with Crippen LogP contribution in [0.25, 0.3) is 0 Å². The van der Waals surface area contributed by atoms with E-state index in [4.69, 9.17) is 5.11 Å². The first-order chi connectivity index (χ1) is 10.5. The van der Waals surface area contributed by atoms with Crippen LogP contribution in [0.4, 0.5) is 9.59 Å². The van der Waals surface area contributed by atoms with Gasteiger partial charge < -0.3 is 10.2 Å². The first-order valence-electron chi connectivity index (χ1n) is 7.05. The molecule has 0 spiro atoms. The van der Waals surface area contributed by atoms with Gasteiger partial charge in [0.1, 0.15) is 0 Å². The van der Waals surface area contributed by atoms with Crippen LogP contribution in [-0.4, -0.2) is 32.2 Å². The number of nitrogens with zero attached hydrogens (tertiary/aromatic N) is 2. The Hall–Kier alpha value is -2.76. The maximum atomic E-state index is 11.2. The van der Waals surface area contributed by atoms with Crippen LogP contribution in [0.5, 0.6) is 0 Å². The second-order valence-electron chi connectivity index (χ2n) is 4.94. The van der Waals surface area contributed by atoms with Crippen molar-refractivity contribution in [1.29, 1.82) is 0 Å². The summed E-state index contributed by atoms with van der Waals surface area (Å²) >= 11 is 0. The fraction of sp³-hybridized carbons (Fsp3) is 0.250. The second kappa shape index (κ2) is 6.80. The lowest BCUT2D eigenvalue weighted by Gasteiger charge is -2.23. The van der Waals surface area contributed by atoms with Crippen molar-refractivity contribution in [2.45, 2.75) is 26.2 Å². The number of hydrogen-bond acceptors (Lipinski definition) is 2. The van der Waals surface area contributed by atoms with Crippen molar-refractivity contribution in [3.05, 3.63) is 59.7 Å². The number of carbonyl (C=O) groups is 2. The van der Waals surface area contributed by atoms with Gasteiger partial charge >= 0.3 is 12.2 Å². The first kappa shape index (κ1) is 15.6. The van der Waals surface area contributed by atoms with E-state index < -0.39 is 12.2 Å². The Kier molecular flexibility index (Phi) is 4.83. The quantitative estimate of drug-likeness (QED) is 0.828. The highest BCUT2D eigenvalue weighted by Gasteiger charge is 2.18. The van der Waals surface area contributed by atoms with Gasteiger partial charge in [-0.2, -0.15) is 0 Å². The molecule has 2 N–H and O–H groups in total. The van der Waals surface area contributed by atoms with Crippen LogP contribution in [0.1, 0.15) is 26.2 Å². The van der Waals surface area contributed by atoms with Crippen molar-refractivity contribution >= 4 is 12.2 Å². The SMILES string of the molecule is CCCCC1=CC(=C2C=CN(C(=O)O)C=C2)C=CN1C(=O)O. The monoisotopic (exact) mass is 302 g/mol. The molecular weight excluding hydrogens is 284 g/mol. The summed E-state index contributed by atoms with van der Waals surface area (Å²) in [4.78, 5) is 24.4. The van der Waals surface area contributed by atoms with Gasteiger partial charge in [-0.25, -0.2) is 9.59 Å². The summed E-state index contributed by atoms with van der Waals surface area (Å²) < 4.78 is 0. The fourth-order valence-electron chi connectivity index (χ4n) is 2.21. The van der Waals surface area contributed by atoms with E-state index in [9.17, 15) is 14.7 Å². The number of hydrogen-bond donors (Lipinski definition) is 2. The highest BCUT2D eigenvalue weighted by molar-refractivity contribution is 5.71. The van der Waals surface area contributed by atoms with Crippen LogP contribution in [0.2, 0.25) is 0 Å². The van der Waals surface area contributed by atoms with Gasteiger partial charge in [-0.15, -0.1) is 0 Å². The van der Waals surface area contributed by atoms with Crippen molar-refractivity contribution in [2.75, 3.05) is 0 Å². The van der Waals surface area contributed by atoms with E-state index in [-0.39, 0.29) is 0 Å². The summed E-state index contributed by atoms with van der Waals surface area (Å²) in [6.45, 7) is 2.05. The average Bonchev–Trinajstić information content (AvgIpc) is 2.52. The molecule has 6 nitrogen and oxygen atoms in total. The zero-order valence-electron chi connectivity index (χ0n) is 12.3. The van der Waals surface area contributed by atoms with Gasteiger partial charge in [0.2, 0.25) is 0 Å². The summed E-state index contributed by atoms with van der Waals surface area (Å²) in [5.74, 6) is 0. The molecule has 0 aromatic carbocycles. The molecule has 2 aliphatic heterocycles. The van der Waals surface area contributed by atoms with Crippen molar-refractivity contribution in [2.24, 2.45) is 0 Å². The van der Waals surface area contributed by atoms with E-state index in [1.807, 2.05) is 6.08 Å². The molecule has 0 fully saturated rings. The molecule has 2 aliphatic rings. The smallest absolute Gasteiger partial charge is 0.415 e. The zero-order chi connectivity index (χ0) is 16.1. The third-order valence-corrected chi connectivity index (χ3v) is 3.41. The van der Waals surface area contributed by atoms with E-state index in [1.165, 1.54) is 23.5 Å². The Bertz CT molecular complexity index is 610. The van der Waals surface area contributed by atoms with Gasteiger partial charge in [0.15, 0.2) is 0 Å². The summed E-state index contributed by atoms with van der Waals surface area (Å²) in [7, 11) is 0. The van der Waals surface area contributed by atoms with Crippen molar-refractivity contribution in [1.82, 2.24) is 9.80 Å². The van der Waals surface area contributed by atoms with Crippen LogP contribution >= 0.6 is 0 Å². The number of amides is 2. The molecule has 0 aromatic heterocycles. The molecular formula is C16H18N2O4. The minimum absolute atomic E-state index is 0.679. The number of unbranched alkanes of at least 4 members (excludes halogenated alkanes) is 1. The largest absolute Gasteiger partial charge is 0.464 e. The van der Waals surface area contributed by atoms with Crippen LogP contribution in [0.3, 0.4) is 0 Å². The average molecular weight is 302 g/mol. The molecule has 2 amide bonds. The third-order valence-electron chi connectivity index (χ3n) is 3.41. The Balaban J connectivity index is 2.27. The second-order valence-corrected chi connectivity index (χ2v) is 4.94. The Morgan fingerprint density at radius 2 is 1.64 bits per heavy atom. The molecule has 0 saturated heterocycles. The van der Waals surface area contributed by atoms with Crippen LogP contribution in [0, 0.1) is 0 Å². The number of carboxylic acid groups (broad SMARTS) is 2. The van der Waals surface area contributed by atoms with E-state index in [0.29, 0.717) is 6.42 Å². The van der Waals surface area contributed by atoms with E-state index >= 15 is 0 Å². The Labute approximate surface area is 128 Å². The molecule has 6 heteroatoms. The highest BCUT2D eigenvalue weighted by Crippen LogP contribution is 2.25.